The maximum atomic E-state index is 12.6. The van der Waals surface area contributed by atoms with Crippen LogP contribution >= 0.6 is 0 Å². The lowest BCUT2D eigenvalue weighted by molar-refractivity contribution is -0.156. The normalized spacial score (nSPS) is 18.0. The molecule has 2 heterocycles. The Labute approximate surface area is 174 Å². The molecule has 3 rings (SSSR count). The number of benzene rings is 1. The van der Waals surface area contributed by atoms with Crippen LogP contribution in [0.1, 0.15) is 38.5 Å². The van der Waals surface area contributed by atoms with Gasteiger partial charge in [0.25, 0.3) is 0 Å². The molecule has 1 aliphatic rings. The van der Waals surface area contributed by atoms with Crippen LogP contribution in [0.15, 0.2) is 33.0 Å². The highest BCUT2D eigenvalue weighted by Gasteiger charge is 2.42. The fourth-order valence-electron chi connectivity index (χ4n) is 3.53. The summed E-state index contributed by atoms with van der Waals surface area (Å²) in [5.41, 5.74) is -0.300. The molecule has 0 spiro atoms. The third-order valence-electron chi connectivity index (χ3n) is 5.31. The highest BCUT2D eigenvalue weighted by atomic mass is 16.6. The van der Waals surface area contributed by atoms with Crippen molar-refractivity contribution >= 4 is 16.9 Å². The summed E-state index contributed by atoms with van der Waals surface area (Å²) in [5.74, 6) is -0.268. The largest absolute Gasteiger partial charge is 0.507 e. The molecule has 0 fully saturated rings. The lowest BCUT2D eigenvalue weighted by atomic mass is 9.89. The van der Waals surface area contributed by atoms with Crippen LogP contribution in [0.3, 0.4) is 0 Å². The fourth-order valence-corrected chi connectivity index (χ4v) is 3.53. The molecular weight excluding hydrogens is 390 g/mol. The topological polar surface area (TPSA) is 118 Å². The number of carbonyl (C=O) groups excluding carboxylic acids is 1. The smallest absolute Gasteiger partial charge is 0.334 e. The van der Waals surface area contributed by atoms with Crippen molar-refractivity contribution in [1.29, 1.82) is 0 Å². The van der Waals surface area contributed by atoms with Gasteiger partial charge >= 0.3 is 5.97 Å². The molecule has 0 saturated heterocycles. The Morgan fingerprint density at radius 1 is 1.40 bits per heavy atom. The molecule has 3 N–H and O–H groups in total. The first-order valence-electron chi connectivity index (χ1n) is 9.84. The Morgan fingerprint density at radius 3 is 2.77 bits per heavy atom. The van der Waals surface area contributed by atoms with Crippen molar-refractivity contribution in [3.63, 3.8) is 0 Å². The number of phenols is 1. The number of aliphatic hydroxyl groups excluding tert-OH is 1. The highest BCUT2D eigenvalue weighted by Crippen LogP contribution is 2.43. The number of allylic oxidation sites excluding steroid dienone is 1. The van der Waals surface area contributed by atoms with E-state index in [1.807, 2.05) is 0 Å². The number of rotatable bonds is 6. The minimum atomic E-state index is -0.875. The van der Waals surface area contributed by atoms with E-state index in [9.17, 15) is 19.8 Å². The van der Waals surface area contributed by atoms with Crippen molar-refractivity contribution in [3.05, 3.63) is 45.3 Å². The Morgan fingerprint density at radius 2 is 2.13 bits per heavy atom. The van der Waals surface area contributed by atoms with Gasteiger partial charge in [0, 0.05) is 29.7 Å². The molecule has 0 saturated carbocycles. The molecule has 1 aliphatic heterocycles. The molecule has 162 valence electrons. The average molecular weight is 417 g/mol. The molecule has 0 amide bonds. The van der Waals surface area contributed by atoms with Gasteiger partial charge in [0.05, 0.1) is 0 Å². The summed E-state index contributed by atoms with van der Waals surface area (Å²) in [6.45, 7) is 5.56. The van der Waals surface area contributed by atoms with Crippen molar-refractivity contribution in [2.24, 2.45) is 0 Å². The van der Waals surface area contributed by atoms with Gasteiger partial charge in [-0.25, -0.2) is 4.79 Å². The number of fused-ring (bicyclic) bond motifs is 2. The molecular formula is C22H27NO7. The zero-order valence-electron chi connectivity index (χ0n) is 17.6. The van der Waals surface area contributed by atoms with Crippen LogP contribution in [-0.4, -0.2) is 41.5 Å². The molecule has 1 unspecified atom stereocenters. The summed E-state index contributed by atoms with van der Waals surface area (Å²) in [6, 6.07) is 2.66. The van der Waals surface area contributed by atoms with E-state index in [2.05, 4.69) is 5.32 Å². The van der Waals surface area contributed by atoms with Crippen LogP contribution in [0.4, 0.5) is 0 Å². The van der Waals surface area contributed by atoms with Crippen molar-refractivity contribution in [3.8, 4) is 11.5 Å². The summed E-state index contributed by atoms with van der Waals surface area (Å²) >= 11 is 0. The predicted molar refractivity (Wildman–Crippen MR) is 111 cm³/mol. The van der Waals surface area contributed by atoms with Gasteiger partial charge in [0.15, 0.2) is 5.43 Å². The molecule has 30 heavy (non-hydrogen) atoms. The monoisotopic (exact) mass is 417 g/mol. The van der Waals surface area contributed by atoms with Crippen LogP contribution in [-0.2, 0) is 22.6 Å². The van der Waals surface area contributed by atoms with Gasteiger partial charge < -0.3 is 29.4 Å². The number of hydrogen-bond donors (Lipinski definition) is 3. The molecule has 8 heteroatoms. The summed E-state index contributed by atoms with van der Waals surface area (Å²) in [6.07, 6.45) is 1.76. The molecule has 1 atom stereocenters. The minimum Gasteiger partial charge on any atom is -0.507 e. The molecule has 0 bridgehead atoms. The Bertz CT molecular complexity index is 1050. The van der Waals surface area contributed by atoms with Gasteiger partial charge in [-0.05, 0) is 40.8 Å². The van der Waals surface area contributed by atoms with E-state index >= 15 is 0 Å². The van der Waals surface area contributed by atoms with E-state index < -0.39 is 29.7 Å². The highest BCUT2D eigenvalue weighted by molar-refractivity contribution is 5.89. The van der Waals surface area contributed by atoms with Crippen LogP contribution < -0.4 is 15.5 Å². The first-order chi connectivity index (χ1) is 14.2. The quantitative estimate of drug-likeness (QED) is 0.483. The number of carbonyl (C=O) groups is 1. The van der Waals surface area contributed by atoms with Gasteiger partial charge in [0.2, 0.25) is 0 Å². The standard InChI is InChI=1S/C22H27NO7/c1-5-12(6-7-23-4)21(27)29-18-9-14-16(30-22(18,2)3)10-17-19(20(14)26)15(25)8-13(11-24)28-17/h5,8,10,18,23-24,26H,6-7,9,11H2,1-4H3. The molecule has 8 nitrogen and oxygen atoms in total. The molecule has 0 aliphatic carbocycles. The van der Waals surface area contributed by atoms with Crippen LogP contribution in [0.2, 0.25) is 0 Å². The Hall–Kier alpha value is -2.84. The first-order valence-corrected chi connectivity index (χ1v) is 9.84. The summed E-state index contributed by atoms with van der Waals surface area (Å²) in [7, 11) is 1.81. The maximum Gasteiger partial charge on any atom is 0.334 e. The number of aliphatic hydroxyl groups is 1. The number of ether oxygens (including phenoxy) is 2. The zero-order valence-corrected chi connectivity index (χ0v) is 17.6. The van der Waals surface area contributed by atoms with E-state index in [0.717, 1.165) is 6.07 Å². The van der Waals surface area contributed by atoms with Gasteiger partial charge in [-0.2, -0.15) is 0 Å². The van der Waals surface area contributed by atoms with E-state index in [-0.39, 0.29) is 28.9 Å². The second kappa shape index (κ2) is 8.49. The molecule has 2 aromatic rings. The van der Waals surface area contributed by atoms with Gasteiger partial charge in [0.1, 0.15) is 46.5 Å². The van der Waals surface area contributed by atoms with E-state index in [1.165, 1.54) is 6.07 Å². The van der Waals surface area contributed by atoms with E-state index in [1.54, 1.807) is 33.9 Å². The Balaban J connectivity index is 1.98. The van der Waals surface area contributed by atoms with Gasteiger partial charge in [-0.3, -0.25) is 4.79 Å². The van der Waals surface area contributed by atoms with Crippen molar-refractivity contribution in [2.75, 3.05) is 13.6 Å². The number of phenolic OH excluding ortho intramolecular Hbond substituents is 1. The number of hydrogen-bond acceptors (Lipinski definition) is 8. The number of nitrogens with one attached hydrogen (secondary N) is 1. The molecule has 0 radical (unpaired) electrons. The SMILES string of the molecule is CC=C(CCNC)C(=O)OC1Cc2c(cc3oc(CO)cc(=O)c3c2O)OC1(C)C. The van der Waals surface area contributed by atoms with Crippen molar-refractivity contribution in [2.45, 2.75) is 51.9 Å². The molecule has 1 aromatic heterocycles. The lowest BCUT2D eigenvalue weighted by Gasteiger charge is -2.39. The van der Waals surface area contributed by atoms with Crippen LogP contribution in [0.5, 0.6) is 11.5 Å². The fraction of sp³-hybridized carbons (Fsp3) is 0.455. The van der Waals surface area contributed by atoms with Crippen LogP contribution in [0.25, 0.3) is 11.0 Å². The Kier molecular flexibility index (Phi) is 6.19. The number of aromatic hydroxyl groups is 1. The maximum absolute atomic E-state index is 12.6. The summed E-state index contributed by atoms with van der Waals surface area (Å²) in [5, 5.41) is 23.0. The second-order valence-corrected chi connectivity index (χ2v) is 7.78. The lowest BCUT2D eigenvalue weighted by Crippen LogP contribution is -2.49. The number of esters is 1. The first kappa shape index (κ1) is 21.9. The zero-order chi connectivity index (χ0) is 22.1. The van der Waals surface area contributed by atoms with Gasteiger partial charge in [-0.1, -0.05) is 6.08 Å². The van der Waals surface area contributed by atoms with Crippen molar-refractivity contribution < 1.29 is 28.9 Å². The van der Waals surface area contributed by atoms with E-state index in [4.69, 9.17) is 13.9 Å². The third kappa shape index (κ3) is 4.06. The van der Waals surface area contributed by atoms with E-state index in [0.29, 0.717) is 29.9 Å². The summed E-state index contributed by atoms with van der Waals surface area (Å²) in [4.78, 5) is 25.1. The average Bonchev–Trinajstić information content (AvgIpc) is 2.68. The summed E-state index contributed by atoms with van der Waals surface area (Å²) < 4.78 is 17.3. The third-order valence-corrected chi connectivity index (χ3v) is 5.31. The minimum absolute atomic E-state index is 0.00231. The second-order valence-electron chi connectivity index (χ2n) is 7.78. The van der Waals surface area contributed by atoms with Crippen LogP contribution in [0, 0.1) is 0 Å². The molecule has 1 aromatic carbocycles. The van der Waals surface area contributed by atoms with Crippen molar-refractivity contribution in [1.82, 2.24) is 5.32 Å². The van der Waals surface area contributed by atoms with Gasteiger partial charge in [-0.15, -0.1) is 0 Å². The predicted octanol–water partition coefficient (Wildman–Crippen LogP) is 2.17.